The molecule has 1 aromatic carbocycles. The summed E-state index contributed by atoms with van der Waals surface area (Å²) in [5.41, 5.74) is 7.16. The Morgan fingerprint density at radius 2 is 2.12 bits per heavy atom. The molecule has 1 atom stereocenters. The second kappa shape index (κ2) is 6.11. The lowest BCUT2D eigenvalue weighted by atomic mass is 10.1. The number of ether oxygens (including phenoxy) is 1. The normalized spacial score (nSPS) is 17.1. The number of nitrogens with one attached hydrogen (secondary N) is 1. The number of hydrogen-bond donors (Lipinski definition) is 2. The lowest BCUT2D eigenvalue weighted by molar-refractivity contribution is 0.0381. The summed E-state index contributed by atoms with van der Waals surface area (Å²) in [5.74, 6) is -2.55. The van der Waals surface area contributed by atoms with Crippen LogP contribution >= 0.6 is 0 Å². The Morgan fingerprint density at radius 3 is 2.77 bits per heavy atom. The Balaban J connectivity index is 1.93. The Hall–Kier alpha value is -2.91. The smallest absolute Gasteiger partial charge is 0.250 e. The van der Waals surface area contributed by atoms with E-state index < -0.39 is 23.9 Å². The Morgan fingerprint density at radius 1 is 1.35 bits per heavy atom. The number of aryl methyl sites for hydroxylation is 1. The number of primary amides is 1. The van der Waals surface area contributed by atoms with E-state index in [4.69, 9.17) is 10.5 Å². The molecule has 2 aromatic heterocycles. The fourth-order valence-electron chi connectivity index (χ4n) is 3.02. The van der Waals surface area contributed by atoms with Crippen LogP contribution in [0.25, 0.3) is 22.3 Å². The summed E-state index contributed by atoms with van der Waals surface area (Å²) >= 11 is 0. The zero-order valence-corrected chi connectivity index (χ0v) is 13.8. The molecule has 1 aliphatic rings. The van der Waals surface area contributed by atoms with Gasteiger partial charge in [0.15, 0.2) is 11.6 Å². The van der Waals surface area contributed by atoms with Crippen molar-refractivity contribution in [2.45, 2.75) is 13.3 Å². The fraction of sp³-hybridized carbons (Fsp3) is 0.235. The van der Waals surface area contributed by atoms with E-state index in [1.807, 2.05) is 0 Å². The second-order valence-electron chi connectivity index (χ2n) is 5.95. The quantitative estimate of drug-likeness (QED) is 0.744. The highest BCUT2D eigenvalue weighted by Crippen LogP contribution is 2.31. The topological polar surface area (TPSA) is 95.1 Å². The number of fused-ring (bicyclic) bond motifs is 1. The first-order valence-corrected chi connectivity index (χ1v) is 7.96. The summed E-state index contributed by atoms with van der Waals surface area (Å²) in [5, 5.41) is 7.93. The third-order valence-electron chi connectivity index (χ3n) is 4.26. The van der Waals surface area contributed by atoms with Gasteiger partial charge in [0.1, 0.15) is 5.69 Å². The maximum absolute atomic E-state index is 13.8. The maximum Gasteiger partial charge on any atom is 0.250 e. The van der Waals surface area contributed by atoms with Crippen molar-refractivity contribution in [1.82, 2.24) is 20.1 Å². The van der Waals surface area contributed by atoms with Crippen LogP contribution in [-0.2, 0) is 4.74 Å². The van der Waals surface area contributed by atoms with Crippen molar-refractivity contribution in [3.05, 3.63) is 47.2 Å². The van der Waals surface area contributed by atoms with Gasteiger partial charge in [-0.1, -0.05) is 0 Å². The molecule has 134 valence electrons. The average molecular weight is 359 g/mol. The van der Waals surface area contributed by atoms with Crippen LogP contribution in [0.4, 0.5) is 8.78 Å². The van der Waals surface area contributed by atoms with E-state index in [1.54, 1.807) is 13.0 Å². The van der Waals surface area contributed by atoms with Crippen LogP contribution in [0.2, 0.25) is 0 Å². The van der Waals surface area contributed by atoms with Gasteiger partial charge in [-0.05, 0) is 25.1 Å². The molecule has 3 N–H and O–H groups in total. The van der Waals surface area contributed by atoms with Gasteiger partial charge in [-0.2, -0.15) is 5.10 Å². The van der Waals surface area contributed by atoms with Gasteiger partial charge < -0.3 is 10.5 Å². The zero-order valence-electron chi connectivity index (χ0n) is 13.8. The molecule has 1 unspecified atom stereocenters. The summed E-state index contributed by atoms with van der Waals surface area (Å²) in [6.45, 7) is 2.75. The average Bonchev–Trinajstić information content (AvgIpc) is 3.23. The molecule has 1 amide bonds. The summed E-state index contributed by atoms with van der Waals surface area (Å²) in [6, 6.07) is 5.27. The largest absolute Gasteiger partial charge is 0.366 e. The van der Waals surface area contributed by atoms with E-state index in [-0.39, 0.29) is 5.56 Å². The second-order valence-corrected chi connectivity index (χ2v) is 5.95. The fourth-order valence-corrected chi connectivity index (χ4v) is 3.02. The highest BCUT2D eigenvalue weighted by atomic mass is 19.2. The Kier molecular flexibility index (Phi) is 3.89. The van der Waals surface area contributed by atoms with E-state index in [0.29, 0.717) is 41.1 Å². The van der Waals surface area contributed by atoms with E-state index >= 15 is 0 Å². The van der Waals surface area contributed by atoms with E-state index in [2.05, 4.69) is 15.4 Å². The molecule has 0 radical (unpaired) electrons. The minimum absolute atomic E-state index is 0.288. The molecule has 0 aliphatic carbocycles. The van der Waals surface area contributed by atoms with Crippen LogP contribution in [0, 0.1) is 18.6 Å². The summed E-state index contributed by atoms with van der Waals surface area (Å²) in [7, 11) is 0. The first-order chi connectivity index (χ1) is 12.5. The van der Waals surface area contributed by atoms with E-state index in [1.165, 1.54) is 10.7 Å². The predicted molar refractivity (Wildman–Crippen MR) is 89.1 cm³/mol. The van der Waals surface area contributed by atoms with Gasteiger partial charge in [-0.3, -0.25) is 15.1 Å². The summed E-state index contributed by atoms with van der Waals surface area (Å²) < 4.78 is 34.6. The number of nitrogens with two attached hydrogens (primary N) is 1. The molecule has 0 saturated carbocycles. The molecule has 4 rings (SSSR count). The molecule has 3 heterocycles. The minimum Gasteiger partial charge on any atom is -0.366 e. The highest BCUT2D eigenvalue weighted by Gasteiger charge is 2.24. The standard InChI is InChI=1S/C17H15F2N5O2/c1-8-9(16(20)25)2-3-13(22-8)15-10-6-11(18)12(19)7-14(10)24(23-15)17-21-4-5-26-17/h2-3,6-7,17,21H,4-5H2,1H3,(H2,20,25). The highest BCUT2D eigenvalue weighted by molar-refractivity contribution is 5.95. The van der Waals surface area contributed by atoms with E-state index in [9.17, 15) is 13.6 Å². The number of carbonyl (C=O) groups is 1. The Bertz CT molecular complexity index is 1030. The number of benzene rings is 1. The number of hydrogen-bond acceptors (Lipinski definition) is 5. The number of carbonyl (C=O) groups excluding carboxylic acids is 1. The number of aromatic nitrogens is 3. The first kappa shape index (κ1) is 16.6. The number of nitrogens with zero attached hydrogens (tertiary/aromatic N) is 3. The van der Waals surface area contributed by atoms with Gasteiger partial charge in [0.25, 0.3) is 5.91 Å². The summed E-state index contributed by atoms with van der Waals surface area (Å²) in [6.07, 6.45) is -0.581. The molecule has 1 aliphatic heterocycles. The molecule has 9 heteroatoms. The van der Waals surface area contributed by atoms with Crippen molar-refractivity contribution < 1.29 is 18.3 Å². The van der Waals surface area contributed by atoms with Crippen LogP contribution in [0.15, 0.2) is 24.3 Å². The lowest BCUT2D eigenvalue weighted by Gasteiger charge is -2.11. The molecule has 1 saturated heterocycles. The van der Waals surface area contributed by atoms with Crippen molar-refractivity contribution in [2.24, 2.45) is 5.73 Å². The first-order valence-electron chi connectivity index (χ1n) is 7.96. The molecule has 0 spiro atoms. The van der Waals surface area contributed by atoms with Crippen LogP contribution in [0.1, 0.15) is 22.4 Å². The minimum atomic E-state index is -0.982. The monoisotopic (exact) mass is 359 g/mol. The zero-order chi connectivity index (χ0) is 18.4. The molecule has 0 bridgehead atoms. The van der Waals surface area contributed by atoms with Gasteiger partial charge in [0, 0.05) is 18.0 Å². The van der Waals surface area contributed by atoms with Gasteiger partial charge in [-0.15, -0.1) is 0 Å². The molecular formula is C17H15F2N5O2. The summed E-state index contributed by atoms with van der Waals surface area (Å²) in [4.78, 5) is 15.7. The number of amides is 1. The van der Waals surface area contributed by atoms with Crippen molar-refractivity contribution in [1.29, 1.82) is 0 Å². The van der Waals surface area contributed by atoms with Crippen molar-refractivity contribution in [2.75, 3.05) is 13.2 Å². The molecule has 26 heavy (non-hydrogen) atoms. The molecule has 7 nitrogen and oxygen atoms in total. The molecule has 1 fully saturated rings. The lowest BCUT2D eigenvalue weighted by Crippen LogP contribution is -2.22. The van der Waals surface area contributed by atoms with Gasteiger partial charge in [0.2, 0.25) is 6.35 Å². The van der Waals surface area contributed by atoms with Crippen LogP contribution in [0.5, 0.6) is 0 Å². The third kappa shape index (κ3) is 2.61. The third-order valence-corrected chi connectivity index (χ3v) is 4.26. The maximum atomic E-state index is 13.8. The van der Waals surface area contributed by atoms with Crippen molar-refractivity contribution >= 4 is 16.8 Å². The Labute approximate surface area is 146 Å². The van der Waals surface area contributed by atoms with Crippen LogP contribution < -0.4 is 11.1 Å². The van der Waals surface area contributed by atoms with Crippen LogP contribution in [-0.4, -0.2) is 33.8 Å². The number of pyridine rings is 1. The van der Waals surface area contributed by atoms with E-state index in [0.717, 1.165) is 12.1 Å². The van der Waals surface area contributed by atoms with Gasteiger partial charge in [-0.25, -0.2) is 13.5 Å². The van der Waals surface area contributed by atoms with Crippen LogP contribution in [0.3, 0.4) is 0 Å². The number of halogens is 2. The van der Waals surface area contributed by atoms with Gasteiger partial charge >= 0.3 is 0 Å². The van der Waals surface area contributed by atoms with Gasteiger partial charge in [0.05, 0.1) is 29.1 Å². The van der Waals surface area contributed by atoms with Crippen molar-refractivity contribution in [3.8, 4) is 11.4 Å². The number of rotatable bonds is 3. The molecule has 3 aromatic rings. The molecular weight excluding hydrogens is 344 g/mol. The SMILES string of the molecule is Cc1nc(-c2nn(C3NCCO3)c3cc(F)c(F)cc23)ccc1C(N)=O. The van der Waals surface area contributed by atoms with Crippen molar-refractivity contribution in [3.63, 3.8) is 0 Å². The predicted octanol–water partition coefficient (Wildman–Crippen LogP) is 1.86.